The van der Waals surface area contributed by atoms with Crippen LogP contribution >= 0.6 is 0 Å². The van der Waals surface area contributed by atoms with Gasteiger partial charge < -0.3 is 14.6 Å². The fraction of sp³-hybridized carbons (Fsp3) is 0.333. The summed E-state index contributed by atoms with van der Waals surface area (Å²) in [5.41, 5.74) is 0.822. The topological polar surface area (TPSA) is 72.8 Å². The quantitative estimate of drug-likeness (QED) is 0.462. The lowest BCUT2D eigenvalue weighted by molar-refractivity contribution is -0.131. The number of benzene rings is 1. The van der Waals surface area contributed by atoms with Gasteiger partial charge in [-0.2, -0.15) is 0 Å². The second kappa shape index (κ2) is 6.00. The third-order valence-electron chi connectivity index (χ3n) is 2.24. The number of para-hydroxylation sites is 1. The van der Waals surface area contributed by atoms with Crippen LogP contribution in [0.15, 0.2) is 18.2 Å². The fourth-order valence-electron chi connectivity index (χ4n) is 1.45. The molecular weight excluding hydrogens is 224 g/mol. The monoisotopic (exact) mass is 238 g/mol. The van der Waals surface area contributed by atoms with Crippen LogP contribution in [0.1, 0.15) is 22.8 Å². The Morgan fingerprint density at radius 3 is 2.59 bits per heavy atom. The molecule has 0 bridgehead atoms. The summed E-state index contributed by atoms with van der Waals surface area (Å²) in [5, 5.41) is 8.71. The van der Waals surface area contributed by atoms with E-state index < -0.39 is 11.8 Å². The number of methoxy groups -OCH3 is 1. The van der Waals surface area contributed by atoms with Crippen molar-refractivity contribution in [1.29, 1.82) is 0 Å². The molecule has 0 aromatic heterocycles. The van der Waals surface area contributed by atoms with Gasteiger partial charge >= 0.3 is 5.97 Å². The third-order valence-corrected chi connectivity index (χ3v) is 2.24. The number of rotatable bonds is 6. The van der Waals surface area contributed by atoms with Crippen molar-refractivity contribution in [2.24, 2.45) is 0 Å². The van der Waals surface area contributed by atoms with Crippen molar-refractivity contribution in [3.63, 3.8) is 0 Å². The van der Waals surface area contributed by atoms with Crippen molar-refractivity contribution in [3.8, 4) is 5.75 Å². The number of ketones is 1. The maximum Gasteiger partial charge on any atom is 0.377 e. The van der Waals surface area contributed by atoms with Gasteiger partial charge in [0.25, 0.3) is 5.78 Å². The highest BCUT2D eigenvalue weighted by molar-refractivity contribution is 6.40. The molecule has 1 aromatic carbocycles. The van der Waals surface area contributed by atoms with Gasteiger partial charge in [-0.05, 0) is 18.1 Å². The van der Waals surface area contributed by atoms with Gasteiger partial charge in [0, 0.05) is 7.11 Å². The van der Waals surface area contributed by atoms with Crippen LogP contribution in [0.3, 0.4) is 0 Å². The third kappa shape index (κ3) is 3.04. The molecule has 1 N–H and O–H groups in total. The lowest BCUT2D eigenvalue weighted by Gasteiger charge is -2.12. The summed E-state index contributed by atoms with van der Waals surface area (Å²) in [5.74, 6) is -2.20. The molecule has 0 saturated heterocycles. The van der Waals surface area contributed by atoms with Crippen molar-refractivity contribution in [3.05, 3.63) is 29.3 Å². The minimum absolute atomic E-state index is 0.0308. The summed E-state index contributed by atoms with van der Waals surface area (Å²) in [6, 6.07) is 4.85. The highest BCUT2D eigenvalue weighted by Crippen LogP contribution is 2.25. The average molecular weight is 238 g/mol. The Labute approximate surface area is 99.0 Å². The number of hydrogen-bond donors (Lipinski definition) is 1. The molecule has 0 heterocycles. The zero-order valence-corrected chi connectivity index (χ0v) is 9.73. The molecule has 5 nitrogen and oxygen atoms in total. The van der Waals surface area contributed by atoms with Gasteiger partial charge in [0.1, 0.15) is 5.75 Å². The molecule has 0 amide bonds. The number of carbonyl (C=O) groups excluding carboxylic acids is 1. The molecule has 0 spiro atoms. The SMILES string of the molecule is CCc1cccc(C(=O)C(=O)O)c1OCOC. The van der Waals surface area contributed by atoms with Crippen LogP contribution in [-0.4, -0.2) is 30.8 Å². The number of aryl methyl sites for hydroxylation is 1. The first-order valence-corrected chi connectivity index (χ1v) is 5.13. The summed E-state index contributed by atoms with van der Waals surface area (Å²) in [6.45, 7) is 1.86. The molecule has 5 heteroatoms. The molecule has 1 rings (SSSR count). The van der Waals surface area contributed by atoms with E-state index in [1.165, 1.54) is 13.2 Å². The van der Waals surface area contributed by atoms with Gasteiger partial charge in [-0.15, -0.1) is 0 Å². The van der Waals surface area contributed by atoms with Gasteiger partial charge in [-0.3, -0.25) is 4.79 Å². The maximum absolute atomic E-state index is 11.5. The Morgan fingerprint density at radius 2 is 2.06 bits per heavy atom. The Balaban J connectivity index is 3.18. The van der Waals surface area contributed by atoms with E-state index in [1.54, 1.807) is 12.1 Å². The molecule has 0 unspecified atom stereocenters. The Morgan fingerprint density at radius 1 is 1.35 bits per heavy atom. The lowest BCUT2D eigenvalue weighted by Crippen LogP contribution is -2.15. The number of Topliss-reactive ketones (excluding diaryl/α,β-unsaturated/α-hetero) is 1. The largest absolute Gasteiger partial charge is 0.475 e. The van der Waals surface area contributed by atoms with Crippen LogP contribution in [0.2, 0.25) is 0 Å². The van der Waals surface area contributed by atoms with Crippen LogP contribution < -0.4 is 4.74 Å². The van der Waals surface area contributed by atoms with Crippen molar-refractivity contribution >= 4 is 11.8 Å². The minimum atomic E-state index is -1.50. The van der Waals surface area contributed by atoms with E-state index in [-0.39, 0.29) is 18.1 Å². The Kier molecular flexibility index (Phi) is 4.66. The predicted octanol–water partition coefficient (Wildman–Crippen LogP) is 1.50. The molecule has 92 valence electrons. The summed E-state index contributed by atoms with van der Waals surface area (Å²) < 4.78 is 10.0. The molecule has 0 aliphatic heterocycles. The first-order valence-electron chi connectivity index (χ1n) is 5.13. The number of ether oxygens (including phenoxy) is 2. The van der Waals surface area contributed by atoms with Gasteiger partial charge in [0.2, 0.25) is 0 Å². The van der Waals surface area contributed by atoms with Gasteiger partial charge in [-0.25, -0.2) is 4.79 Å². The van der Waals surface area contributed by atoms with Crippen molar-refractivity contribution in [2.45, 2.75) is 13.3 Å². The molecule has 0 aliphatic rings. The molecule has 0 radical (unpaired) electrons. The first kappa shape index (κ1) is 13.2. The summed E-state index contributed by atoms with van der Waals surface area (Å²) in [7, 11) is 1.45. The van der Waals surface area contributed by atoms with Gasteiger partial charge in [0.05, 0.1) is 5.56 Å². The normalized spacial score (nSPS) is 10.0. The van der Waals surface area contributed by atoms with Crippen molar-refractivity contribution in [1.82, 2.24) is 0 Å². The molecule has 0 saturated carbocycles. The predicted molar refractivity (Wildman–Crippen MR) is 60.3 cm³/mol. The first-order chi connectivity index (χ1) is 8.11. The number of carbonyl (C=O) groups is 2. The molecule has 0 atom stereocenters. The van der Waals surface area contributed by atoms with Crippen LogP contribution in [0.5, 0.6) is 5.75 Å². The van der Waals surface area contributed by atoms with Crippen LogP contribution in [0.4, 0.5) is 0 Å². The molecule has 17 heavy (non-hydrogen) atoms. The van der Waals surface area contributed by atoms with E-state index >= 15 is 0 Å². The number of hydrogen-bond acceptors (Lipinski definition) is 4. The van der Waals surface area contributed by atoms with Crippen LogP contribution in [0, 0.1) is 0 Å². The molecule has 0 aliphatic carbocycles. The molecular formula is C12H14O5. The van der Waals surface area contributed by atoms with E-state index in [2.05, 4.69) is 0 Å². The molecule has 1 aromatic rings. The number of carboxylic acids is 1. The van der Waals surface area contributed by atoms with E-state index in [0.29, 0.717) is 6.42 Å². The lowest BCUT2D eigenvalue weighted by atomic mass is 10.0. The van der Waals surface area contributed by atoms with Gasteiger partial charge in [-0.1, -0.05) is 19.1 Å². The summed E-state index contributed by atoms with van der Waals surface area (Å²) in [6.07, 6.45) is 0.639. The minimum Gasteiger partial charge on any atom is -0.475 e. The van der Waals surface area contributed by atoms with E-state index in [1.807, 2.05) is 6.92 Å². The fourth-order valence-corrected chi connectivity index (χ4v) is 1.45. The maximum atomic E-state index is 11.5. The van der Waals surface area contributed by atoms with Crippen LogP contribution in [-0.2, 0) is 16.0 Å². The standard InChI is InChI=1S/C12H14O5/c1-3-8-5-4-6-9(10(13)12(14)15)11(8)17-7-16-2/h4-6H,3,7H2,1-2H3,(H,14,15). The average Bonchev–Trinajstić information content (AvgIpc) is 2.34. The van der Waals surface area contributed by atoms with E-state index in [4.69, 9.17) is 14.6 Å². The highest BCUT2D eigenvalue weighted by Gasteiger charge is 2.21. The summed E-state index contributed by atoms with van der Waals surface area (Å²) in [4.78, 5) is 22.2. The summed E-state index contributed by atoms with van der Waals surface area (Å²) >= 11 is 0. The molecule has 0 fully saturated rings. The Bertz CT molecular complexity index is 425. The van der Waals surface area contributed by atoms with Crippen LogP contribution in [0.25, 0.3) is 0 Å². The number of carboxylic acid groups (broad SMARTS) is 1. The zero-order chi connectivity index (χ0) is 12.8. The second-order valence-corrected chi connectivity index (χ2v) is 3.33. The van der Waals surface area contributed by atoms with E-state index in [0.717, 1.165) is 5.56 Å². The smallest absolute Gasteiger partial charge is 0.377 e. The van der Waals surface area contributed by atoms with E-state index in [9.17, 15) is 9.59 Å². The van der Waals surface area contributed by atoms with Crippen molar-refractivity contribution in [2.75, 3.05) is 13.9 Å². The highest BCUT2D eigenvalue weighted by atomic mass is 16.7. The van der Waals surface area contributed by atoms with Gasteiger partial charge in [0.15, 0.2) is 6.79 Å². The number of aliphatic carboxylic acids is 1. The Hall–Kier alpha value is -1.88. The zero-order valence-electron chi connectivity index (χ0n) is 9.73. The second-order valence-electron chi connectivity index (χ2n) is 3.33. The van der Waals surface area contributed by atoms with Crippen molar-refractivity contribution < 1.29 is 24.2 Å².